The molecule has 3 nitrogen and oxygen atoms in total. The van der Waals surface area contributed by atoms with Gasteiger partial charge in [-0.3, -0.25) is 0 Å². The lowest BCUT2D eigenvalue weighted by Crippen LogP contribution is -2.26. The molecule has 0 fully saturated rings. The Balaban J connectivity index is 2.15. The third-order valence-electron chi connectivity index (χ3n) is 2.95. The molecule has 1 heterocycles. The maximum absolute atomic E-state index is 4.30. The molecule has 1 N–H and O–H groups in total. The lowest BCUT2D eigenvalue weighted by molar-refractivity contribution is 0.450. The van der Waals surface area contributed by atoms with Crippen LogP contribution < -0.4 is 5.32 Å². The minimum Gasteiger partial charge on any atom is -0.337 e. The first kappa shape index (κ1) is 13.2. The summed E-state index contributed by atoms with van der Waals surface area (Å²) >= 11 is 0. The molecule has 1 rings (SSSR count). The number of nitrogens with zero attached hydrogens (tertiary/aromatic N) is 2. The van der Waals surface area contributed by atoms with Gasteiger partial charge in [0.2, 0.25) is 0 Å². The Bertz CT molecular complexity index is 291. The van der Waals surface area contributed by atoms with E-state index in [9.17, 15) is 0 Å². The van der Waals surface area contributed by atoms with Gasteiger partial charge in [0.1, 0.15) is 5.82 Å². The molecule has 1 aromatic rings. The Morgan fingerprint density at radius 2 is 2.06 bits per heavy atom. The molecule has 1 atom stereocenters. The van der Waals surface area contributed by atoms with Crippen molar-refractivity contribution in [2.45, 2.75) is 52.6 Å². The molecule has 1 aromatic heterocycles. The molecule has 16 heavy (non-hydrogen) atoms. The number of aryl methyl sites for hydroxylation is 1. The molecule has 0 radical (unpaired) electrons. The zero-order chi connectivity index (χ0) is 12.0. The normalized spacial score (nSPS) is 13.3. The van der Waals surface area contributed by atoms with Gasteiger partial charge in [0.25, 0.3) is 0 Å². The summed E-state index contributed by atoms with van der Waals surface area (Å²) in [6.07, 6.45) is 7.73. The Morgan fingerprint density at radius 3 is 2.62 bits per heavy atom. The molecule has 0 spiro atoms. The summed E-state index contributed by atoms with van der Waals surface area (Å²) in [4.78, 5) is 4.30. The van der Waals surface area contributed by atoms with Gasteiger partial charge in [-0.2, -0.15) is 0 Å². The summed E-state index contributed by atoms with van der Waals surface area (Å²) in [6, 6.07) is 0.579. The van der Waals surface area contributed by atoms with Gasteiger partial charge in [-0.05, 0) is 19.3 Å². The van der Waals surface area contributed by atoms with E-state index in [0.29, 0.717) is 6.04 Å². The van der Waals surface area contributed by atoms with Crippen molar-refractivity contribution in [2.24, 2.45) is 13.0 Å². The van der Waals surface area contributed by atoms with Crippen molar-refractivity contribution in [3.63, 3.8) is 0 Å². The van der Waals surface area contributed by atoms with Crippen LogP contribution in [-0.4, -0.2) is 15.6 Å². The molecule has 0 amide bonds. The highest BCUT2D eigenvalue weighted by Gasteiger charge is 2.04. The SMILES string of the molecule is CC(C)CCCC(C)NCc1nccn1C. The Kier molecular flexibility index (Phi) is 5.53. The lowest BCUT2D eigenvalue weighted by Gasteiger charge is -2.14. The Labute approximate surface area is 99.3 Å². The van der Waals surface area contributed by atoms with E-state index < -0.39 is 0 Å². The lowest BCUT2D eigenvalue weighted by atomic mass is 10.0. The van der Waals surface area contributed by atoms with Crippen LogP contribution in [0.2, 0.25) is 0 Å². The van der Waals surface area contributed by atoms with E-state index in [4.69, 9.17) is 0 Å². The van der Waals surface area contributed by atoms with Gasteiger partial charge in [0, 0.05) is 25.5 Å². The van der Waals surface area contributed by atoms with E-state index in [-0.39, 0.29) is 0 Å². The standard InChI is InChI=1S/C13H25N3/c1-11(2)6-5-7-12(3)15-10-13-14-8-9-16(13)4/h8-9,11-12,15H,5-7,10H2,1-4H3. The maximum atomic E-state index is 4.30. The van der Waals surface area contributed by atoms with Gasteiger partial charge < -0.3 is 9.88 Å². The van der Waals surface area contributed by atoms with Crippen LogP contribution in [0, 0.1) is 5.92 Å². The second-order valence-electron chi connectivity index (χ2n) is 5.06. The zero-order valence-corrected chi connectivity index (χ0v) is 11.0. The smallest absolute Gasteiger partial charge is 0.122 e. The molecule has 0 saturated heterocycles. The van der Waals surface area contributed by atoms with Crippen LogP contribution in [0.4, 0.5) is 0 Å². The highest BCUT2D eigenvalue weighted by atomic mass is 15.1. The number of rotatable bonds is 7. The third kappa shape index (κ3) is 4.79. The Hall–Kier alpha value is -0.830. The quantitative estimate of drug-likeness (QED) is 0.770. The summed E-state index contributed by atoms with van der Waals surface area (Å²) in [5.74, 6) is 1.93. The van der Waals surface area contributed by atoms with Crippen molar-refractivity contribution in [1.82, 2.24) is 14.9 Å². The molecule has 0 saturated carbocycles. The number of hydrogen-bond donors (Lipinski definition) is 1. The van der Waals surface area contributed by atoms with Crippen LogP contribution in [0.3, 0.4) is 0 Å². The third-order valence-corrected chi connectivity index (χ3v) is 2.95. The first-order chi connectivity index (χ1) is 7.59. The number of nitrogens with one attached hydrogen (secondary N) is 1. The molecule has 92 valence electrons. The average molecular weight is 223 g/mol. The van der Waals surface area contributed by atoms with Crippen molar-refractivity contribution >= 4 is 0 Å². The minimum absolute atomic E-state index is 0.579. The fourth-order valence-corrected chi connectivity index (χ4v) is 1.77. The van der Waals surface area contributed by atoms with Gasteiger partial charge in [-0.15, -0.1) is 0 Å². The molecule has 0 aromatic carbocycles. The predicted octanol–water partition coefficient (Wildman–Crippen LogP) is 2.72. The summed E-state index contributed by atoms with van der Waals surface area (Å²) in [5.41, 5.74) is 0. The molecule has 0 aliphatic carbocycles. The molecule has 0 aliphatic heterocycles. The van der Waals surface area contributed by atoms with Gasteiger partial charge in [0.05, 0.1) is 6.54 Å². The fourth-order valence-electron chi connectivity index (χ4n) is 1.77. The largest absolute Gasteiger partial charge is 0.337 e. The fraction of sp³-hybridized carbons (Fsp3) is 0.769. The van der Waals surface area contributed by atoms with Crippen molar-refractivity contribution in [3.05, 3.63) is 18.2 Å². The summed E-state index contributed by atoms with van der Waals surface area (Å²) in [6.45, 7) is 7.69. The molecular weight excluding hydrogens is 198 g/mol. The summed E-state index contributed by atoms with van der Waals surface area (Å²) in [7, 11) is 2.04. The molecule has 3 heteroatoms. The van der Waals surface area contributed by atoms with E-state index in [0.717, 1.165) is 18.3 Å². The van der Waals surface area contributed by atoms with Crippen molar-refractivity contribution in [2.75, 3.05) is 0 Å². The highest BCUT2D eigenvalue weighted by Crippen LogP contribution is 2.08. The summed E-state index contributed by atoms with van der Waals surface area (Å²) in [5, 5.41) is 3.52. The molecular formula is C13H25N3. The van der Waals surface area contributed by atoms with Crippen molar-refractivity contribution in [3.8, 4) is 0 Å². The van der Waals surface area contributed by atoms with Crippen LogP contribution in [0.5, 0.6) is 0 Å². The van der Waals surface area contributed by atoms with Crippen molar-refractivity contribution in [1.29, 1.82) is 0 Å². The number of aromatic nitrogens is 2. The molecule has 0 aliphatic rings. The zero-order valence-electron chi connectivity index (χ0n) is 11.0. The molecule has 1 unspecified atom stereocenters. The average Bonchev–Trinajstić information content (AvgIpc) is 2.60. The van der Waals surface area contributed by atoms with E-state index in [1.807, 2.05) is 19.4 Å². The first-order valence-corrected chi connectivity index (χ1v) is 6.29. The second-order valence-corrected chi connectivity index (χ2v) is 5.06. The highest BCUT2D eigenvalue weighted by molar-refractivity contribution is 4.90. The first-order valence-electron chi connectivity index (χ1n) is 6.29. The maximum Gasteiger partial charge on any atom is 0.122 e. The van der Waals surface area contributed by atoms with Gasteiger partial charge >= 0.3 is 0 Å². The number of hydrogen-bond acceptors (Lipinski definition) is 2. The van der Waals surface area contributed by atoms with Gasteiger partial charge in [0.15, 0.2) is 0 Å². The van der Waals surface area contributed by atoms with Crippen LogP contribution in [0.25, 0.3) is 0 Å². The van der Waals surface area contributed by atoms with Crippen molar-refractivity contribution < 1.29 is 0 Å². The van der Waals surface area contributed by atoms with Crippen LogP contribution in [0.1, 0.15) is 45.9 Å². The van der Waals surface area contributed by atoms with Crippen LogP contribution >= 0.6 is 0 Å². The van der Waals surface area contributed by atoms with E-state index in [2.05, 4.69) is 35.6 Å². The van der Waals surface area contributed by atoms with E-state index in [1.165, 1.54) is 19.3 Å². The van der Waals surface area contributed by atoms with E-state index >= 15 is 0 Å². The summed E-state index contributed by atoms with van der Waals surface area (Å²) < 4.78 is 2.06. The van der Waals surface area contributed by atoms with E-state index in [1.54, 1.807) is 0 Å². The van der Waals surface area contributed by atoms with Gasteiger partial charge in [-0.1, -0.05) is 26.7 Å². The Morgan fingerprint density at radius 1 is 1.31 bits per heavy atom. The second kappa shape index (κ2) is 6.69. The van der Waals surface area contributed by atoms with Crippen LogP contribution in [0.15, 0.2) is 12.4 Å². The topological polar surface area (TPSA) is 29.9 Å². The van der Waals surface area contributed by atoms with Gasteiger partial charge in [-0.25, -0.2) is 4.98 Å². The molecule has 0 bridgehead atoms. The monoisotopic (exact) mass is 223 g/mol. The van der Waals surface area contributed by atoms with Crippen LogP contribution in [-0.2, 0) is 13.6 Å². The predicted molar refractivity (Wildman–Crippen MR) is 68.2 cm³/mol. The minimum atomic E-state index is 0.579. The number of imidazole rings is 1.